The fraction of sp³-hybridized carbons (Fsp3) is 0.588. The van der Waals surface area contributed by atoms with Crippen LogP contribution in [0.4, 0.5) is 0 Å². The Morgan fingerprint density at radius 3 is 2.65 bits per heavy atom. The lowest BCUT2D eigenvalue weighted by Gasteiger charge is -2.23. The maximum atomic E-state index is 11.8. The van der Waals surface area contributed by atoms with Crippen molar-refractivity contribution in [3.63, 3.8) is 0 Å². The van der Waals surface area contributed by atoms with Gasteiger partial charge in [-0.05, 0) is 18.6 Å². The summed E-state index contributed by atoms with van der Waals surface area (Å²) in [5.41, 5.74) is 0.860. The molecule has 1 aromatic rings. The molecule has 0 spiro atoms. The van der Waals surface area contributed by atoms with E-state index in [9.17, 15) is 4.79 Å². The van der Waals surface area contributed by atoms with Gasteiger partial charge >= 0.3 is 0 Å². The minimum absolute atomic E-state index is 0.100. The van der Waals surface area contributed by atoms with Gasteiger partial charge in [-0.15, -0.1) is 0 Å². The average Bonchev–Trinajstić information content (AvgIpc) is 3.04. The number of Topliss-reactive ketones (excluding diaryl/α,β-unsaturated/α-hetero) is 1. The first-order chi connectivity index (χ1) is 11.0. The Kier molecular flexibility index (Phi) is 5.04. The molecule has 23 heavy (non-hydrogen) atoms. The molecule has 0 aliphatic carbocycles. The zero-order chi connectivity index (χ0) is 16.6. The number of halogens is 1. The van der Waals surface area contributed by atoms with Crippen molar-refractivity contribution in [2.24, 2.45) is 5.92 Å². The highest BCUT2D eigenvalue weighted by molar-refractivity contribution is 6.31. The fourth-order valence-electron chi connectivity index (χ4n) is 2.82. The number of carbonyl (C=O) groups excluding carboxylic acids is 1. The molecule has 5 atom stereocenters. The van der Waals surface area contributed by atoms with E-state index in [4.69, 9.17) is 30.5 Å². The normalized spacial score (nSPS) is 33.2. The quantitative estimate of drug-likeness (QED) is 0.825. The summed E-state index contributed by atoms with van der Waals surface area (Å²) >= 11 is 6.15. The van der Waals surface area contributed by atoms with E-state index >= 15 is 0 Å². The first-order valence-corrected chi connectivity index (χ1v) is 8.17. The second-order valence-electron chi connectivity index (χ2n) is 6.25. The van der Waals surface area contributed by atoms with Crippen LogP contribution in [-0.4, -0.2) is 36.7 Å². The minimum Gasteiger partial charge on any atom is -0.367 e. The second-order valence-corrected chi connectivity index (χ2v) is 6.66. The lowest BCUT2D eigenvalue weighted by atomic mass is 10.1. The molecule has 2 aliphatic rings. The van der Waals surface area contributed by atoms with Gasteiger partial charge in [-0.1, -0.05) is 43.6 Å². The largest absolute Gasteiger partial charge is 0.367 e. The Hall–Kier alpha value is -0.980. The first-order valence-electron chi connectivity index (χ1n) is 7.79. The molecule has 2 aliphatic heterocycles. The van der Waals surface area contributed by atoms with Gasteiger partial charge in [-0.2, -0.15) is 0 Å². The van der Waals surface area contributed by atoms with Crippen molar-refractivity contribution in [2.75, 3.05) is 0 Å². The van der Waals surface area contributed by atoms with E-state index in [1.165, 1.54) is 6.92 Å². The van der Waals surface area contributed by atoms with E-state index < -0.39 is 24.6 Å². The van der Waals surface area contributed by atoms with Gasteiger partial charge < -0.3 is 18.9 Å². The molecule has 0 bridgehead atoms. The van der Waals surface area contributed by atoms with Crippen LogP contribution in [0.25, 0.3) is 0 Å². The zero-order valence-electron chi connectivity index (χ0n) is 13.4. The Morgan fingerprint density at radius 2 is 2.00 bits per heavy atom. The van der Waals surface area contributed by atoms with Gasteiger partial charge in [0.25, 0.3) is 0 Å². The Bertz CT molecular complexity index is 576. The Balaban J connectivity index is 1.71. The van der Waals surface area contributed by atoms with E-state index in [0.717, 1.165) is 5.56 Å². The summed E-state index contributed by atoms with van der Waals surface area (Å²) in [6.45, 7) is 5.79. The minimum atomic E-state index is -0.680. The van der Waals surface area contributed by atoms with E-state index in [2.05, 4.69) is 0 Å². The average molecular weight is 341 g/mol. The number of ether oxygens (including phenoxy) is 4. The molecule has 0 aromatic heterocycles. The summed E-state index contributed by atoms with van der Waals surface area (Å²) in [5.74, 6) is 0.0982. The second kappa shape index (κ2) is 6.87. The fourth-order valence-corrected chi connectivity index (χ4v) is 3.01. The summed E-state index contributed by atoms with van der Waals surface area (Å²) in [6, 6.07) is 7.45. The number of fused-ring (bicyclic) bond motifs is 1. The molecule has 6 heteroatoms. The lowest BCUT2D eigenvalue weighted by Crippen LogP contribution is -2.39. The topological polar surface area (TPSA) is 54.0 Å². The van der Waals surface area contributed by atoms with Crippen LogP contribution < -0.4 is 0 Å². The van der Waals surface area contributed by atoms with Gasteiger partial charge in [0, 0.05) is 10.9 Å². The van der Waals surface area contributed by atoms with Crippen molar-refractivity contribution in [1.82, 2.24) is 0 Å². The van der Waals surface area contributed by atoms with E-state index in [1.54, 1.807) is 6.07 Å². The van der Waals surface area contributed by atoms with Crippen LogP contribution in [0.15, 0.2) is 24.3 Å². The highest BCUT2D eigenvalue weighted by Gasteiger charge is 2.54. The van der Waals surface area contributed by atoms with Crippen molar-refractivity contribution in [3.8, 4) is 0 Å². The molecule has 2 saturated heterocycles. The predicted octanol–water partition coefficient (Wildman–Crippen LogP) is 2.94. The van der Waals surface area contributed by atoms with E-state index in [1.807, 2.05) is 32.0 Å². The third kappa shape index (κ3) is 3.44. The van der Waals surface area contributed by atoms with Gasteiger partial charge in [-0.3, -0.25) is 4.79 Å². The first kappa shape index (κ1) is 16.9. The summed E-state index contributed by atoms with van der Waals surface area (Å²) in [7, 11) is 0. The predicted molar refractivity (Wildman–Crippen MR) is 84.0 cm³/mol. The van der Waals surface area contributed by atoms with Gasteiger partial charge in [0.1, 0.15) is 18.3 Å². The summed E-state index contributed by atoms with van der Waals surface area (Å²) in [4.78, 5) is 11.8. The van der Waals surface area contributed by atoms with Crippen molar-refractivity contribution in [3.05, 3.63) is 34.9 Å². The van der Waals surface area contributed by atoms with Gasteiger partial charge in [-0.25, -0.2) is 0 Å². The molecule has 2 fully saturated rings. The smallest absolute Gasteiger partial charge is 0.190 e. The number of ketones is 1. The molecule has 0 saturated carbocycles. The third-order valence-corrected chi connectivity index (χ3v) is 4.43. The molecule has 126 valence electrons. The van der Waals surface area contributed by atoms with Crippen LogP contribution in [-0.2, 0) is 30.3 Å². The van der Waals surface area contributed by atoms with Crippen LogP contribution in [0.3, 0.4) is 0 Å². The number of hydrogen-bond donors (Lipinski definition) is 0. The third-order valence-electron chi connectivity index (χ3n) is 4.06. The molecule has 0 N–H and O–H groups in total. The number of benzene rings is 1. The molecule has 0 radical (unpaired) electrons. The molecule has 1 unspecified atom stereocenters. The summed E-state index contributed by atoms with van der Waals surface area (Å²) in [5, 5.41) is 0.631. The van der Waals surface area contributed by atoms with Crippen LogP contribution in [0.2, 0.25) is 5.02 Å². The number of rotatable bonds is 5. The van der Waals surface area contributed by atoms with Crippen molar-refractivity contribution < 1.29 is 23.7 Å². The van der Waals surface area contributed by atoms with E-state index in [-0.39, 0.29) is 24.6 Å². The van der Waals surface area contributed by atoms with E-state index in [0.29, 0.717) is 5.02 Å². The zero-order valence-corrected chi connectivity index (χ0v) is 14.2. The SMILES string of the molecule is CC(=O)[C@H]1O[C@@H]2OC(C(C)C)O[C@@H]2[C@H]1OCc1ccccc1Cl. The van der Waals surface area contributed by atoms with Crippen LogP contribution in [0.1, 0.15) is 26.3 Å². The monoisotopic (exact) mass is 340 g/mol. The van der Waals surface area contributed by atoms with Crippen LogP contribution >= 0.6 is 11.6 Å². The van der Waals surface area contributed by atoms with Crippen LogP contribution in [0.5, 0.6) is 0 Å². The highest BCUT2D eigenvalue weighted by atomic mass is 35.5. The maximum Gasteiger partial charge on any atom is 0.190 e. The molecule has 2 heterocycles. The van der Waals surface area contributed by atoms with Gasteiger partial charge in [0.15, 0.2) is 18.4 Å². The molecular weight excluding hydrogens is 320 g/mol. The van der Waals surface area contributed by atoms with Crippen molar-refractivity contribution in [1.29, 1.82) is 0 Å². The van der Waals surface area contributed by atoms with Crippen molar-refractivity contribution in [2.45, 2.75) is 58.3 Å². The lowest BCUT2D eigenvalue weighted by molar-refractivity contribution is -0.189. The molecule has 1 aromatic carbocycles. The van der Waals surface area contributed by atoms with Gasteiger partial charge in [0.2, 0.25) is 0 Å². The molecule has 0 amide bonds. The molecule has 3 rings (SSSR count). The molecular formula is C17H21ClO5. The summed E-state index contributed by atoms with van der Waals surface area (Å²) in [6.07, 6.45) is -2.49. The Morgan fingerprint density at radius 1 is 1.26 bits per heavy atom. The Labute approximate surface area is 140 Å². The number of hydrogen-bond acceptors (Lipinski definition) is 5. The standard InChI is InChI=1S/C17H21ClO5/c1-9(2)16-22-15-14(13(10(3)19)21-17(15)23-16)20-8-11-6-4-5-7-12(11)18/h4-7,9,13-17H,8H2,1-3H3/t13-,14+,15-,16?,17-/m1/s1. The molecule has 5 nitrogen and oxygen atoms in total. The highest BCUT2D eigenvalue weighted by Crippen LogP contribution is 2.37. The van der Waals surface area contributed by atoms with Gasteiger partial charge in [0.05, 0.1) is 6.61 Å². The maximum absolute atomic E-state index is 11.8. The summed E-state index contributed by atoms with van der Waals surface area (Å²) < 4.78 is 23.3. The van der Waals surface area contributed by atoms with Crippen LogP contribution in [0, 0.1) is 5.92 Å². The van der Waals surface area contributed by atoms with Crippen molar-refractivity contribution >= 4 is 17.4 Å². The number of carbonyl (C=O) groups is 1.